The summed E-state index contributed by atoms with van der Waals surface area (Å²) in [4.78, 5) is 15.1. The maximum absolute atomic E-state index is 16.8. The van der Waals surface area contributed by atoms with Crippen LogP contribution in [0.3, 0.4) is 0 Å². The zero-order valence-corrected chi connectivity index (χ0v) is 21.8. The molecule has 1 aromatic carbocycles. The second kappa shape index (κ2) is 9.38. The molecule has 0 bridgehead atoms. The fourth-order valence-corrected chi connectivity index (χ4v) is 8.16. The molecule has 3 saturated carbocycles. The highest BCUT2D eigenvalue weighted by Gasteiger charge is 2.66. The summed E-state index contributed by atoms with van der Waals surface area (Å²) in [6.07, 6.45) is 9.34. The van der Waals surface area contributed by atoms with E-state index in [0.717, 1.165) is 35.8 Å². The number of H-pyrrole nitrogens is 1. The van der Waals surface area contributed by atoms with Gasteiger partial charge in [0.25, 0.3) is 5.56 Å². The van der Waals surface area contributed by atoms with E-state index in [2.05, 4.69) is 29.4 Å². The summed E-state index contributed by atoms with van der Waals surface area (Å²) in [5, 5.41) is 26.7. The van der Waals surface area contributed by atoms with Gasteiger partial charge in [-0.3, -0.25) is 4.79 Å². The molecule has 1 aromatic heterocycles. The topological polar surface area (TPSA) is 85.3 Å². The number of fused-ring (bicyclic) bond motifs is 5. The second-order valence-electron chi connectivity index (χ2n) is 12.1. The van der Waals surface area contributed by atoms with Crippen molar-refractivity contribution in [1.29, 1.82) is 0 Å². The van der Waals surface area contributed by atoms with Crippen LogP contribution in [-0.2, 0) is 0 Å². The number of aliphatic hydroxyl groups excluding tert-OH is 1. The van der Waals surface area contributed by atoms with Gasteiger partial charge < -0.3 is 20.5 Å². The lowest BCUT2D eigenvalue weighted by atomic mass is 9.53. The fourth-order valence-electron chi connectivity index (χ4n) is 8.16. The van der Waals surface area contributed by atoms with Gasteiger partial charge in [-0.15, -0.1) is 0 Å². The van der Waals surface area contributed by atoms with Crippen molar-refractivity contribution in [3.8, 4) is 0 Å². The molecule has 36 heavy (non-hydrogen) atoms. The maximum atomic E-state index is 16.8. The van der Waals surface area contributed by atoms with Crippen LogP contribution in [0.5, 0.6) is 0 Å². The Morgan fingerprint density at radius 1 is 1.08 bits per heavy atom. The van der Waals surface area contributed by atoms with E-state index in [1.807, 2.05) is 32.3 Å². The summed E-state index contributed by atoms with van der Waals surface area (Å²) >= 11 is 0. The molecular formula is C30H41FN2O3. The summed E-state index contributed by atoms with van der Waals surface area (Å²) in [6, 6.07) is 7.90. The van der Waals surface area contributed by atoms with E-state index in [1.165, 1.54) is 0 Å². The molecule has 0 radical (unpaired) electrons. The first kappa shape index (κ1) is 25.6. The van der Waals surface area contributed by atoms with Crippen LogP contribution in [-0.4, -0.2) is 46.7 Å². The van der Waals surface area contributed by atoms with Crippen LogP contribution in [0.15, 0.2) is 41.3 Å². The molecule has 4 aliphatic carbocycles. The largest absolute Gasteiger partial charge is 0.393 e. The molecule has 0 saturated heterocycles. The minimum Gasteiger partial charge on any atom is -0.393 e. The molecule has 196 valence electrons. The van der Waals surface area contributed by atoms with Gasteiger partial charge in [-0.2, -0.15) is 0 Å². The number of aliphatic hydroxyl groups is 2. The predicted octanol–water partition coefficient (Wildman–Crippen LogP) is 4.97. The van der Waals surface area contributed by atoms with Crippen LogP contribution in [0.25, 0.3) is 16.3 Å². The summed E-state index contributed by atoms with van der Waals surface area (Å²) in [5.74, 6) is 0.398. The van der Waals surface area contributed by atoms with Gasteiger partial charge in [-0.05, 0) is 118 Å². The van der Waals surface area contributed by atoms with Crippen molar-refractivity contribution in [3.05, 3.63) is 52.5 Å². The highest BCUT2D eigenvalue weighted by molar-refractivity contribution is 5.86. The van der Waals surface area contributed by atoms with Crippen molar-refractivity contribution >= 4 is 16.3 Å². The van der Waals surface area contributed by atoms with Crippen LogP contribution >= 0.6 is 0 Å². The average molecular weight is 497 g/mol. The molecule has 7 atom stereocenters. The number of pyridine rings is 1. The average Bonchev–Trinajstić information content (AvgIpc) is 3.15. The summed E-state index contributed by atoms with van der Waals surface area (Å²) in [7, 11) is 3.75. The quantitative estimate of drug-likeness (QED) is 0.449. The molecule has 5 nitrogen and oxygen atoms in total. The molecule has 0 spiro atoms. The monoisotopic (exact) mass is 496 g/mol. The summed E-state index contributed by atoms with van der Waals surface area (Å²) in [5.41, 5.74) is -1.23. The van der Waals surface area contributed by atoms with Crippen LogP contribution < -0.4 is 10.9 Å². The van der Waals surface area contributed by atoms with Gasteiger partial charge in [0.2, 0.25) is 0 Å². The third kappa shape index (κ3) is 3.97. The van der Waals surface area contributed by atoms with E-state index >= 15 is 4.39 Å². The van der Waals surface area contributed by atoms with Gasteiger partial charge >= 0.3 is 0 Å². The van der Waals surface area contributed by atoms with Gasteiger partial charge in [-0.25, -0.2) is 4.39 Å². The Morgan fingerprint density at radius 3 is 2.64 bits per heavy atom. The van der Waals surface area contributed by atoms with Gasteiger partial charge in [0.15, 0.2) is 0 Å². The Kier molecular flexibility index (Phi) is 6.67. The molecule has 2 aromatic rings. The molecule has 1 heterocycles. The molecule has 4 N–H and O–H groups in total. The third-order valence-electron chi connectivity index (χ3n) is 10.0. The van der Waals surface area contributed by atoms with Gasteiger partial charge in [-0.1, -0.05) is 25.1 Å². The first-order valence-corrected chi connectivity index (χ1v) is 13.7. The summed E-state index contributed by atoms with van der Waals surface area (Å²) in [6.45, 7) is 2.19. The van der Waals surface area contributed by atoms with Gasteiger partial charge in [0, 0.05) is 17.5 Å². The van der Waals surface area contributed by atoms with Crippen LogP contribution in [0.1, 0.15) is 70.3 Å². The van der Waals surface area contributed by atoms with E-state index < -0.39 is 11.3 Å². The van der Waals surface area contributed by atoms with Crippen LogP contribution in [0, 0.1) is 23.2 Å². The number of benzene rings is 1. The fraction of sp³-hybridized carbons (Fsp3) is 0.633. The molecule has 0 amide bonds. The minimum absolute atomic E-state index is 0.103. The lowest BCUT2D eigenvalue weighted by Gasteiger charge is -2.56. The van der Waals surface area contributed by atoms with Crippen molar-refractivity contribution in [2.24, 2.45) is 23.2 Å². The van der Waals surface area contributed by atoms with E-state index in [4.69, 9.17) is 0 Å². The highest BCUT2D eigenvalue weighted by atomic mass is 19.1. The number of hydrogen-bond donors (Lipinski definition) is 4. The highest BCUT2D eigenvalue weighted by Crippen LogP contribution is 2.66. The molecular weight excluding hydrogens is 455 g/mol. The zero-order chi connectivity index (χ0) is 25.7. The van der Waals surface area contributed by atoms with Gasteiger partial charge in [0.05, 0.1) is 6.10 Å². The Labute approximate surface area is 213 Å². The van der Waals surface area contributed by atoms with E-state index in [9.17, 15) is 15.0 Å². The lowest BCUT2D eigenvalue weighted by Crippen LogP contribution is -2.62. The van der Waals surface area contributed by atoms with Crippen molar-refractivity contribution < 1.29 is 14.6 Å². The molecule has 0 aliphatic heterocycles. The standard InChI is InChI=1S/C28H34FNO3.C2H7N/c1-26-11-12-27(29)16-20-14-21(31)5-4-17(20)8-10-28(27,33)24(26)7-6-23(26)19-3-2-18-9-13-30-25(32)22(18)15-19;1-3-2/h2-3,6,9,13,15,17,20-21,24,31,33H,4-5,7-8,10-12,14,16H2,1H3,(H,30,32);3H,1-2H3/t17?,20?,21?,24?,26?,27?,28-;/m0./s1. The Balaban J connectivity index is 0.000000848. The Hall–Kier alpha value is -2.02. The predicted molar refractivity (Wildman–Crippen MR) is 142 cm³/mol. The Bertz CT molecular complexity index is 1210. The van der Waals surface area contributed by atoms with Crippen molar-refractivity contribution in [2.45, 2.75) is 82.1 Å². The molecule has 6 rings (SSSR count). The van der Waals surface area contributed by atoms with Crippen molar-refractivity contribution in [3.63, 3.8) is 0 Å². The zero-order valence-electron chi connectivity index (χ0n) is 21.8. The second-order valence-corrected chi connectivity index (χ2v) is 12.1. The van der Waals surface area contributed by atoms with E-state index in [0.29, 0.717) is 49.8 Å². The molecule has 4 aliphatic rings. The lowest BCUT2D eigenvalue weighted by molar-refractivity contribution is -0.195. The molecule has 6 unspecified atom stereocenters. The van der Waals surface area contributed by atoms with Crippen LogP contribution in [0.2, 0.25) is 0 Å². The summed E-state index contributed by atoms with van der Waals surface area (Å²) < 4.78 is 16.8. The number of rotatable bonds is 1. The minimum atomic E-state index is -1.60. The number of nitrogens with one attached hydrogen (secondary N) is 2. The third-order valence-corrected chi connectivity index (χ3v) is 10.0. The van der Waals surface area contributed by atoms with Crippen molar-refractivity contribution in [1.82, 2.24) is 10.3 Å². The van der Waals surface area contributed by atoms with E-state index in [-0.39, 0.29) is 28.9 Å². The number of halogens is 1. The van der Waals surface area contributed by atoms with Crippen molar-refractivity contribution in [2.75, 3.05) is 14.1 Å². The first-order chi connectivity index (χ1) is 17.1. The Morgan fingerprint density at radius 2 is 1.86 bits per heavy atom. The van der Waals surface area contributed by atoms with Crippen LogP contribution in [0.4, 0.5) is 4.39 Å². The number of alkyl halides is 1. The molecule has 6 heteroatoms. The number of hydrogen-bond acceptors (Lipinski definition) is 4. The maximum Gasteiger partial charge on any atom is 0.255 e. The SMILES string of the molecule is CC12CCC3(F)CC4CC(O)CCC4CC[C@]3(O)C1CC=C2c1ccc2cc[nH]c(=O)c2c1.CNC. The van der Waals surface area contributed by atoms with Gasteiger partial charge in [0.1, 0.15) is 11.3 Å². The number of aromatic amines is 1. The molecule has 3 fully saturated rings. The van der Waals surface area contributed by atoms with E-state index in [1.54, 1.807) is 6.20 Å². The number of aromatic nitrogens is 1. The normalized spacial score (nSPS) is 39.7. The smallest absolute Gasteiger partial charge is 0.255 e. The number of allylic oxidation sites excluding steroid dienone is 2. The first-order valence-electron chi connectivity index (χ1n) is 13.7.